The van der Waals surface area contributed by atoms with E-state index in [0.717, 1.165) is 35.8 Å². The lowest BCUT2D eigenvalue weighted by Gasteiger charge is -2.43. The summed E-state index contributed by atoms with van der Waals surface area (Å²) in [5.74, 6) is 0.602. The van der Waals surface area contributed by atoms with Crippen molar-refractivity contribution < 1.29 is 9.90 Å². The summed E-state index contributed by atoms with van der Waals surface area (Å²) < 4.78 is 0. The molecule has 0 saturated carbocycles. The predicted octanol–water partition coefficient (Wildman–Crippen LogP) is 3.09. The van der Waals surface area contributed by atoms with Gasteiger partial charge >= 0.3 is 5.97 Å². The number of anilines is 1. The number of nitrogens with zero attached hydrogens (tertiary/aromatic N) is 1. The van der Waals surface area contributed by atoms with Crippen LogP contribution in [0.1, 0.15) is 35.3 Å². The maximum absolute atomic E-state index is 11.2. The molecule has 0 spiro atoms. The van der Waals surface area contributed by atoms with Gasteiger partial charge in [0.15, 0.2) is 0 Å². The average Bonchev–Trinajstić information content (AvgIpc) is 2.19. The first-order valence-corrected chi connectivity index (χ1v) is 6.49. The molecule has 1 N–H and O–H groups in total. The third-order valence-electron chi connectivity index (χ3n) is 4.10. The van der Waals surface area contributed by atoms with Crippen molar-refractivity contribution in [2.75, 3.05) is 18.0 Å². The molecule has 1 aromatic carbocycles. The highest BCUT2D eigenvalue weighted by atomic mass is 16.4. The van der Waals surface area contributed by atoms with Crippen molar-refractivity contribution in [3.63, 3.8) is 0 Å². The van der Waals surface area contributed by atoms with Gasteiger partial charge in [-0.1, -0.05) is 13.8 Å². The van der Waals surface area contributed by atoms with Gasteiger partial charge in [0, 0.05) is 18.8 Å². The number of rotatable bonds is 3. The monoisotopic (exact) mass is 247 g/mol. The molecule has 1 aliphatic rings. The standard InChI is InChI=1S/C15H21NO2/c1-9(2)12-7-16(8-12)13-5-10(3)11(4)14(6-13)15(17)18/h5-6,9,12H,7-8H2,1-4H3,(H,17,18). The van der Waals surface area contributed by atoms with Crippen molar-refractivity contribution in [2.24, 2.45) is 11.8 Å². The smallest absolute Gasteiger partial charge is 0.336 e. The Morgan fingerprint density at radius 3 is 2.44 bits per heavy atom. The second-order valence-corrected chi connectivity index (χ2v) is 5.65. The lowest BCUT2D eigenvalue weighted by molar-refractivity contribution is 0.0696. The summed E-state index contributed by atoms with van der Waals surface area (Å²) >= 11 is 0. The van der Waals surface area contributed by atoms with E-state index in [1.807, 2.05) is 13.8 Å². The van der Waals surface area contributed by atoms with Crippen LogP contribution in [0.2, 0.25) is 0 Å². The summed E-state index contributed by atoms with van der Waals surface area (Å²) in [6, 6.07) is 3.90. The van der Waals surface area contributed by atoms with E-state index in [4.69, 9.17) is 0 Å². The molecule has 0 bridgehead atoms. The van der Waals surface area contributed by atoms with Crippen molar-refractivity contribution >= 4 is 11.7 Å². The van der Waals surface area contributed by atoms with Crippen LogP contribution in [0.25, 0.3) is 0 Å². The van der Waals surface area contributed by atoms with E-state index in [1.54, 1.807) is 6.07 Å². The van der Waals surface area contributed by atoms with E-state index in [2.05, 4.69) is 24.8 Å². The zero-order chi connectivity index (χ0) is 13.4. The number of hydrogen-bond donors (Lipinski definition) is 1. The predicted molar refractivity (Wildman–Crippen MR) is 73.4 cm³/mol. The minimum absolute atomic E-state index is 0.429. The van der Waals surface area contributed by atoms with Crippen LogP contribution in [0.4, 0.5) is 5.69 Å². The van der Waals surface area contributed by atoms with Gasteiger partial charge in [-0.05, 0) is 48.9 Å². The summed E-state index contributed by atoms with van der Waals surface area (Å²) in [5, 5.41) is 9.21. The molecule has 18 heavy (non-hydrogen) atoms. The summed E-state index contributed by atoms with van der Waals surface area (Å²) in [4.78, 5) is 13.5. The van der Waals surface area contributed by atoms with Gasteiger partial charge in [0.05, 0.1) is 5.56 Å². The largest absolute Gasteiger partial charge is 0.478 e. The molecular formula is C15H21NO2. The van der Waals surface area contributed by atoms with Gasteiger partial charge in [0.25, 0.3) is 0 Å². The minimum Gasteiger partial charge on any atom is -0.478 e. The van der Waals surface area contributed by atoms with E-state index in [1.165, 1.54) is 0 Å². The maximum atomic E-state index is 11.2. The molecule has 1 heterocycles. The topological polar surface area (TPSA) is 40.5 Å². The Morgan fingerprint density at radius 1 is 1.33 bits per heavy atom. The van der Waals surface area contributed by atoms with Crippen LogP contribution in [0.15, 0.2) is 12.1 Å². The molecule has 0 aromatic heterocycles. The zero-order valence-corrected chi connectivity index (χ0v) is 11.5. The van der Waals surface area contributed by atoms with Gasteiger partial charge < -0.3 is 10.0 Å². The van der Waals surface area contributed by atoms with Crippen LogP contribution in [-0.4, -0.2) is 24.2 Å². The molecule has 0 radical (unpaired) electrons. The molecule has 0 atom stereocenters. The van der Waals surface area contributed by atoms with Crippen LogP contribution in [0, 0.1) is 25.7 Å². The van der Waals surface area contributed by atoms with Gasteiger partial charge in [-0.15, -0.1) is 0 Å². The Bertz CT molecular complexity index is 474. The van der Waals surface area contributed by atoms with E-state index in [0.29, 0.717) is 11.5 Å². The number of carboxylic acids is 1. The Morgan fingerprint density at radius 2 is 1.94 bits per heavy atom. The van der Waals surface area contributed by atoms with Crippen molar-refractivity contribution in [3.8, 4) is 0 Å². The normalized spacial score (nSPS) is 15.9. The number of aromatic carboxylic acids is 1. The summed E-state index contributed by atoms with van der Waals surface area (Å²) in [7, 11) is 0. The fourth-order valence-electron chi connectivity index (χ4n) is 2.39. The Balaban J connectivity index is 2.23. The quantitative estimate of drug-likeness (QED) is 0.892. The number of carboxylic acid groups (broad SMARTS) is 1. The third-order valence-corrected chi connectivity index (χ3v) is 4.10. The van der Waals surface area contributed by atoms with E-state index in [-0.39, 0.29) is 0 Å². The molecule has 0 unspecified atom stereocenters. The molecule has 98 valence electrons. The molecule has 1 aromatic rings. The average molecular weight is 247 g/mol. The third kappa shape index (κ3) is 2.22. The first-order valence-electron chi connectivity index (χ1n) is 6.49. The first kappa shape index (κ1) is 12.9. The summed E-state index contributed by atoms with van der Waals surface area (Å²) in [6.07, 6.45) is 0. The molecule has 0 amide bonds. The second kappa shape index (κ2) is 4.63. The number of carbonyl (C=O) groups is 1. The second-order valence-electron chi connectivity index (χ2n) is 5.65. The van der Waals surface area contributed by atoms with Gasteiger partial charge in [0.1, 0.15) is 0 Å². The highest BCUT2D eigenvalue weighted by Crippen LogP contribution is 2.31. The lowest BCUT2D eigenvalue weighted by atomic mass is 9.87. The van der Waals surface area contributed by atoms with Crippen LogP contribution in [0.5, 0.6) is 0 Å². The molecule has 2 rings (SSSR count). The molecule has 1 saturated heterocycles. The van der Waals surface area contributed by atoms with E-state index >= 15 is 0 Å². The van der Waals surface area contributed by atoms with E-state index < -0.39 is 5.97 Å². The van der Waals surface area contributed by atoms with Crippen LogP contribution in [0.3, 0.4) is 0 Å². The van der Waals surface area contributed by atoms with Crippen molar-refractivity contribution in [3.05, 3.63) is 28.8 Å². The fourth-order valence-corrected chi connectivity index (χ4v) is 2.39. The molecule has 1 fully saturated rings. The van der Waals surface area contributed by atoms with Crippen LogP contribution < -0.4 is 4.90 Å². The zero-order valence-electron chi connectivity index (χ0n) is 11.5. The van der Waals surface area contributed by atoms with Crippen LogP contribution >= 0.6 is 0 Å². The highest BCUT2D eigenvalue weighted by Gasteiger charge is 2.29. The molecule has 1 aliphatic heterocycles. The van der Waals surface area contributed by atoms with Gasteiger partial charge in [-0.3, -0.25) is 0 Å². The van der Waals surface area contributed by atoms with Gasteiger partial charge in [-0.25, -0.2) is 4.79 Å². The molecular weight excluding hydrogens is 226 g/mol. The van der Waals surface area contributed by atoms with Gasteiger partial charge in [0.2, 0.25) is 0 Å². The Kier molecular flexibility index (Phi) is 3.33. The minimum atomic E-state index is -0.835. The molecule has 3 heteroatoms. The number of hydrogen-bond acceptors (Lipinski definition) is 2. The Labute approximate surface area is 108 Å². The van der Waals surface area contributed by atoms with Crippen molar-refractivity contribution in [2.45, 2.75) is 27.7 Å². The highest BCUT2D eigenvalue weighted by molar-refractivity contribution is 5.91. The van der Waals surface area contributed by atoms with E-state index in [9.17, 15) is 9.90 Å². The lowest BCUT2D eigenvalue weighted by Crippen LogP contribution is -2.49. The fraction of sp³-hybridized carbons (Fsp3) is 0.533. The number of benzene rings is 1. The van der Waals surface area contributed by atoms with Crippen molar-refractivity contribution in [1.82, 2.24) is 0 Å². The van der Waals surface area contributed by atoms with Crippen LogP contribution in [-0.2, 0) is 0 Å². The summed E-state index contributed by atoms with van der Waals surface area (Å²) in [5.41, 5.74) is 3.40. The number of aryl methyl sites for hydroxylation is 1. The maximum Gasteiger partial charge on any atom is 0.336 e. The Hall–Kier alpha value is -1.51. The SMILES string of the molecule is Cc1cc(N2CC(C(C)C)C2)cc(C(=O)O)c1C. The first-order chi connectivity index (χ1) is 8.40. The van der Waals surface area contributed by atoms with Crippen molar-refractivity contribution in [1.29, 1.82) is 0 Å². The summed E-state index contributed by atoms with van der Waals surface area (Å²) in [6.45, 7) is 10.4. The molecule has 3 nitrogen and oxygen atoms in total. The molecule has 0 aliphatic carbocycles. The van der Waals surface area contributed by atoms with Gasteiger partial charge in [-0.2, -0.15) is 0 Å².